The number of carbonyl (C=O) groups is 2. The van der Waals surface area contributed by atoms with E-state index in [0.717, 1.165) is 23.1 Å². The van der Waals surface area contributed by atoms with Crippen molar-refractivity contribution in [3.05, 3.63) is 81.3 Å². The third kappa shape index (κ3) is 6.44. The van der Waals surface area contributed by atoms with Gasteiger partial charge in [0.25, 0.3) is 23.5 Å². The summed E-state index contributed by atoms with van der Waals surface area (Å²) in [5.74, 6) is -3.97. The standard InChI is InChI=1S/C27H27F4N7O4/c1-37-17(10-32)7-8-20(37)26(40)35-22(14-3-5-15(6-4-14)23(29)30)27(41)34-19-12-38(36-24(19)31)21(13-42-2)18-9-16(28)11-33-25(18)39/h7-9,11-12,14,21-22H,3-6,13H2,1-2H3,(H,33,39)(H,34,41)(H,35,40). The van der Waals surface area contributed by atoms with Gasteiger partial charge in [-0.1, -0.05) is 0 Å². The first-order chi connectivity index (χ1) is 20.0. The van der Waals surface area contributed by atoms with Crippen molar-refractivity contribution in [2.45, 2.75) is 37.8 Å². The number of amides is 2. The molecule has 0 spiro atoms. The lowest BCUT2D eigenvalue weighted by Crippen LogP contribution is -2.49. The van der Waals surface area contributed by atoms with Crippen LogP contribution in [-0.2, 0) is 16.6 Å². The number of carbonyl (C=O) groups excluding carboxylic acids is 2. The van der Waals surface area contributed by atoms with E-state index in [1.54, 1.807) is 0 Å². The van der Waals surface area contributed by atoms with Gasteiger partial charge in [-0.15, -0.1) is 5.10 Å². The number of anilines is 1. The van der Waals surface area contributed by atoms with E-state index in [4.69, 9.17) is 4.74 Å². The summed E-state index contributed by atoms with van der Waals surface area (Å²) in [5.41, 5.74) is -0.903. The lowest BCUT2D eigenvalue weighted by molar-refractivity contribution is -0.119. The number of nitrogens with zero attached hydrogens (tertiary/aromatic N) is 4. The van der Waals surface area contributed by atoms with Crippen LogP contribution in [0.25, 0.3) is 0 Å². The molecule has 3 heterocycles. The molecule has 0 aromatic carbocycles. The molecular weight excluding hydrogens is 562 g/mol. The molecule has 3 N–H and O–H groups in total. The predicted molar refractivity (Wildman–Crippen MR) is 140 cm³/mol. The maximum atomic E-state index is 15.0. The Morgan fingerprint density at radius 3 is 2.60 bits per heavy atom. The van der Waals surface area contributed by atoms with Crippen molar-refractivity contribution in [2.75, 3.05) is 19.0 Å². The van der Waals surface area contributed by atoms with Gasteiger partial charge >= 0.3 is 0 Å². The van der Waals surface area contributed by atoms with Crippen LogP contribution in [0.4, 0.5) is 23.2 Å². The molecule has 222 valence electrons. The first-order valence-electron chi connectivity index (χ1n) is 12.9. The van der Waals surface area contributed by atoms with Gasteiger partial charge in [0.1, 0.15) is 41.0 Å². The van der Waals surface area contributed by atoms with E-state index < -0.39 is 58.9 Å². The Hall–Kier alpha value is -4.71. The van der Waals surface area contributed by atoms with Gasteiger partial charge < -0.3 is 24.9 Å². The molecule has 1 aliphatic carbocycles. The molecule has 2 atom stereocenters. The Morgan fingerprint density at radius 1 is 1.26 bits per heavy atom. The van der Waals surface area contributed by atoms with Crippen molar-refractivity contribution in [2.24, 2.45) is 13.0 Å². The van der Waals surface area contributed by atoms with Gasteiger partial charge in [0.05, 0.1) is 12.8 Å². The number of allylic oxidation sites excluding steroid dienone is 1. The minimum Gasteiger partial charge on any atom is -0.382 e. The highest BCUT2D eigenvalue weighted by molar-refractivity contribution is 6.00. The second kappa shape index (κ2) is 12.9. The minimum absolute atomic E-state index is 0.0164. The molecule has 3 aromatic rings. The van der Waals surface area contributed by atoms with Crippen molar-refractivity contribution in [3.8, 4) is 6.07 Å². The first kappa shape index (κ1) is 30.3. The number of pyridine rings is 1. The number of methoxy groups -OCH3 is 1. The van der Waals surface area contributed by atoms with E-state index in [2.05, 4.69) is 20.7 Å². The highest BCUT2D eigenvalue weighted by Gasteiger charge is 2.34. The van der Waals surface area contributed by atoms with Gasteiger partial charge in [-0.05, 0) is 55.4 Å². The van der Waals surface area contributed by atoms with Crippen LogP contribution >= 0.6 is 0 Å². The number of hydrogen-bond acceptors (Lipinski definition) is 6. The van der Waals surface area contributed by atoms with Crippen LogP contribution in [0.1, 0.15) is 53.5 Å². The molecule has 2 unspecified atom stereocenters. The van der Waals surface area contributed by atoms with E-state index >= 15 is 0 Å². The second-order valence-electron chi connectivity index (χ2n) is 9.80. The van der Waals surface area contributed by atoms with E-state index in [1.807, 2.05) is 6.07 Å². The third-order valence-electron chi connectivity index (χ3n) is 7.25. The predicted octanol–water partition coefficient (Wildman–Crippen LogP) is 3.37. The summed E-state index contributed by atoms with van der Waals surface area (Å²) in [6.07, 6.45) is 0.524. The number of nitriles is 1. The van der Waals surface area contributed by atoms with Crippen LogP contribution < -0.4 is 16.2 Å². The molecule has 2 amide bonds. The topological polar surface area (TPSA) is 147 Å². The van der Waals surface area contributed by atoms with E-state index in [9.17, 15) is 37.2 Å². The number of nitrogens with one attached hydrogen (secondary N) is 3. The van der Waals surface area contributed by atoms with Crippen molar-refractivity contribution >= 4 is 17.5 Å². The summed E-state index contributed by atoms with van der Waals surface area (Å²) in [5, 5.41) is 17.9. The third-order valence-corrected chi connectivity index (χ3v) is 7.25. The number of aromatic nitrogens is 4. The Labute approximate surface area is 236 Å². The van der Waals surface area contributed by atoms with Crippen LogP contribution in [0, 0.1) is 29.0 Å². The first-order valence-corrected chi connectivity index (χ1v) is 12.9. The Kier molecular flexibility index (Phi) is 9.26. The number of aromatic amines is 1. The lowest BCUT2D eigenvalue weighted by Gasteiger charge is -2.30. The summed E-state index contributed by atoms with van der Waals surface area (Å²) < 4.78 is 62.6. The fraction of sp³-hybridized carbons (Fsp3) is 0.370. The molecule has 1 saturated carbocycles. The van der Waals surface area contributed by atoms with Gasteiger partial charge in [0.2, 0.25) is 5.91 Å². The summed E-state index contributed by atoms with van der Waals surface area (Å²) in [7, 11) is 2.82. The summed E-state index contributed by atoms with van der Waals surface area (Å²) in [6, 6.07) is 3.39. The second-order valence-corrected chi connectivity index (χ2v) is 9.80. The average Bonchev–Trinajstić information content (AvgIpc) is 3.52. The van der Waals surface area contributed by atoms with Crippen molar-refractivity contribution in [1.29, 1.82) is 5.26 Å². The zero-order valence-corrected chi connectivity index (χ0v) is 22.6. The normalized spacial score (nSPS) is 16.4. The Morgan fingerprint density at radius 2 is 1.98 bits per heavy atom. The van der Waals surface area contributed by atoms with E-state index in [-0.39, 0.29) is 54.8 Å². The smallest absolute Gasteiger partial charge is 0.269 e. The van der Waals surface area contributed by atoms with Gasteiger partial charge in [0.15, 0.2) is 0 Å². The van der Waals surface area contributed by atoms with Gasteiger partial charge in [-0.2, -0.15) is 18.4 Å². The zero-order valence-electron chi connectivity index (χ0n) is 22.6. The summed E-state index contributed by atoms with van der Waals surface area (Å²) in [6.45, 7) is -0.190. The molecule has 3 aromatic heterocycles. The quantitative estimate of drug-likeness (QED) is 0.326. The molecule has 1 aliphatic rings. The SMILES string of the molecule is COCC(c1cc(F)c[nH]c1=O)n1cc(NC(=O)C(NC(=O)c2ccc(C#N)n2C)C2CCC(=C(F)F)CC2)c(F)n1. The van der Waals surface area contributed by atoms with Crippen LogP contribution in [0.2, 0.25) is 0 Å². The number of H-pyrrole nitrogens is 1. The number of halogens is 4. The number of ether oxygens (including phenoxy) is 1. The van der Waals surface area contributed by atoms with E-state index in [1.165, 1.54) is 30.9 Å². The molecule has 0 bridgehead atoms. The Balaban J connectivity index is 1.61. The molecule has 4 rings (SSSR count). The lowest BCUT2D eigenvalue weighted by atomic mass is 9.81. The fourth-order valence-corrected chi connectivity index (χ4v) is 4.99. The molecule has 15 heteroatoms. The maximum absolute atomic E-state index is 15.0. The zero-order chi connectivity index (χ0) is 30.6. The monoisotopic (exact) mass is 589 g/mol. The molecule has 0 radical (unpaired) electrons. The largest absolute Gasteiger partial charge is 0.382 e. The molecular formula is C27H27F4N7O4. The van der Waals surface area contributed by atoms with Gasteiger partial charge in [0, 0.05) is 25.9 Å². The van der Waals surface area contributed by atoms with Crippen LogP contribution in [0.15, 0.2) is 47.0 Å². The molecule has 42 heavy (non-hydrogen) atoms. The van der Waals surface area contributed by atoms with Gasteiger partial charge in [-0.3, -0.25) is 19.1 Å². The van der Waals surface area contributed by atoms with E-state index in [0.29, 0.717) is 0 Å². The maximum Gasteiger partial charge on any atom is 0.269 e. The molecule has 11 nitrogen and oxygen atoms in total. The summed E-state index contributed by atoms with van der Waals surface area (Å²) >= 11 is 0. The van der Waals surface area contributed by atoms with Gasteiger partial charge in [-0.25, -0.2) is 4.39 Å². The van der Waals surface area contributed by atoms with Crippen LogP contribution in [0.3, 0.4) is 0 Å². The number of rotatable bonds is 9. The van der Waals surface area contributed by atoms with Crippen LogP contribution in [-0.4, -0.2) is 50.9 Å². The highest BCUT2D eigenvalue weighted by Crippen LogP contribution is 2.33. The van der Waals surface area contributed by atoms with Crippen molar-refractivity contribution < 1.29 is 31.9 Å². The summed E-state index contributed by atoms with van der Waals surface area (Å²) in [4.78, 5) is 41.2. The molecule has 1 fully saturated rings. The Bertz CT molecular complexity index is 1610. The van der Waals surface area contributed by atoms with Crippen molar-refractivity contribution in [3.63, 3.8) is 0 Å². The van der Waals surface area contributed by atoms with Crippen LogP contribution in [0.5, 0.6) is 0 Å². The highest BCUT2D eigenvalue weighted by atomic mass is 19.3. The van der Waals surface area contributed by atoms with Crippen molar-refractivity contribution in [1.82, 2.24) is 24.6 Å². The minimum atomic E-state index is -1.77. The number of hydrogen-bond donors (Lipinski definition) is 3. The molecule has 0 saturated heterocycles. The molecule has 0 aliphatic heterocycles. The average molecular weight is 590 g/mol. The fourth-order valence-electron chi connectivity index (χ4n) is 4.99.